The predicted molar refractivity (Wildman–Crippen MR) is 122 cm³/mol. The van der Waals surface area contributed by atoms with Gasteiger partial charge in [0.15, 0.2) is 11.6 Å². The summed E-state index contributed by atoms with van der Waals surface area (Å²) in [5.74, 6) is 1.32. The molecule has 0 amide bonds. The Morgan fingerprint density at radius 1 is 1.00 bits per heavy atom. The monoisotopic (exact) mass is 453 g/mol. The molecule has 2 aromatic carbocycles. The quantitative estimate of drug-likeness (QED) is 0.493. The van der Waals surface area contributed by atoms with Gasteiger partial charge in [0.05, 0.1) is 22.7 Å². The van der Waals surface area contributed by atoms with E-state index in [0.29, 0.717) is 40.6 Å². The summed E-state index contributed by atoms with van der Waals surface area (Å²) in [5.41, 5.74) is 3.05. The zero-order valence-electron chi connectivity index (χ0n) is 17.1. The maximum Gasteiger partial charge on any atom is 0.170 e. The lowest BCUT2D eigenvalue weighted by Crippen LogP contribution is -2.51. The molecule has 0 bridgehead atoms. The number of ketones is 1. The highest BCUT2D eigenvalue weighted by molar-refractivity contribution is 6.36. The molecule has 0 unspecified atom stereocenters. The van der Waals surface area contributed by atoms with Crippen LogP contribution in [-0.2, 0) is 0 Å². The van der Waals surface area contributed by atoms with Crippen LogP contribution in [0, 0.1) is 6.92 Å². The molecule has 1 saturated heterocycles. The van der Waals surface area contributed by atoms with Crippen LogP contribution in [-0.4, -0.2) is 34.7 Å². The minimum atomic E-state index is -0.534. The number of Topliss-reactive ketones (excluding diaryl/α,β-unsaturated/α-hetero) is 1. The first-order chi connectivity index (χ1) is 14.9. The molecular weight excluding hydrogens is 433 g/mol. The van der Waals surface area contributed by atoms with Gasteiger partial charge in [0.2, 0.25) is 0 Å². The van der Waals surface area contributed by atoms with Crippen LogP contribution in [0.5, 0.6) is 5.75 Å². The topological polar surface area (TPSA) is 55.3 Å². The molecule has 0 aliphatic carbocycles. The fraction of sp³-hybridized carbons (Fsp3) is 0.292. The number of nitrogens with zero attached hydrogens (tertiary/aromatic N) is 3. The number of piperidine rings is 1. The van der Waals surface area contributed by atoms with E-state index in [9.17, 15) is 4.79 Å². The van der Waals surface area contributed by atoms with Crippen molar-refractivity contribution in [2.24, 2.45) is 0 Å². The molecule has 158 valence electrons. The van der Waals surface area contributed by atoms with Crippen LogP contribution in [0.1, 0.15) is 35.2 Å². The number of anilines is 1. The van der Waals surface area contributed by atoms with Gasteiger partial charge in [-0.2, -0.15) is 0 Å². The summed E-state index contributed by atoms with van der Waals surface area (Å²) in [4.78, 5) is 15.0. The molecule has 7 heteroatoms. The normalized spacial score (nSPS) is 17.4. The van der Waals surface area contributed by atoms with Crippen molar-refractivity contribution < 1.29 is 9.53 Å². The maximum absolute atomic E-state index is 12.8. The molecule has 0 radical (unpaired) electrons. The lowest BCUT2D eigenvalue weighted by atomic mass is 9.82. The molecule has 2 aliphatic heterocycles. The molecule has 3 aromatic rings. The summed E-state index contributed by atoms with van der Waals surface area (Å²) in [6, 6.07) is 15.5. The van der Waals surface area contributed by atoms with Crippen LogP contribution in [0.3, 0.4) is 0 Å². The van der Waals surface area contributed by atoms with Gasteiger partial charge in [-0.3, -0.25) is 4.79 Å². The number of carbonyl (C=O) groups excluding carboxylic acids is 1. The third-order valence-electron chi connectivity index (χ3n) is 6.11. The zero-order valence-corrected chi connectivity index (χ0v) is 18.6. The van der Waals surface area contributed by atoms with Crippen LogP contribution >= 0.6 is 23.2 Å². The van der Waals surface area contributed by atoms with Gasteiger partial charge in [0.25, 0.3) is 0 Å². The van der Waals surface area contributed by atoms with E-state index < -0.39 is 5.60 Å². The molecule has 31 heavy (non-hydrogen) atoms. The third kappa shape index (κ3) is 3.88. The van der Waals surface area contributed by atoms with Crippen LogP contribution in [0.2, 0.25) is 10.0 Å². The van der Waals surface area contributed by atoms with Crippen LogP contribution in [0.4, 0.5) is 5.82 Å². The number of fused-ring (bicyclic) bond motifs is 1. The van der Waals surface area contributed by atoms with E-state index in [1.165, 1.54) is 5.56 Å². The van der Waals surface area contributed by atoms with Crippen molar-refractivity contribution >= 4 is 34.8 Å². The fourth-order valence-corrected chi connectivity index (χ4v) is 4.84. The Kier molecular flexibility index (Phi) is 5.11. The van der Waals surface area contributed by atoms with Crippen molar-refractivity contribution in [1.29, 1.82) is 0 Å². The number of ether oxygens (including phenoxy) is 1. The van der Waals surface area contributed by atoms with Crippen molar-refractivity contribution in [1.82, 2.24) is 10.2 Å². The van der Waals surface area contributed by atoms with Gasteiger partial charge in [-0.1, -0.05) is 53.0 Å². The number of benzene rings is 2. The summed E-state index contributed by atoms with van der Waals surface area (Å²) in [5, 5.41) is 9.68. The standard InChI is InChI=1S/C24H21Cl2N3O2/c1-15-2-4-16(5-3-15)20-6-7-22(28-27-20)29-10-8-24(9-11-29)14-21(30)18-12-17(25)13-19(26)23(18)31-24/h2-7,12-13H,8-11,14H2,1H3. The molecular formula is C24H21Cl2N3O2. The molecule has 5 rings (SSSR count). The van der Waals surface area contributed by atoms with Gasteiger partial charge >= 0.3 is 0 Å². The minimum Gasteiger partial charge on any atom is -0.484 e. The SMILES string of the molecule is Cc1ccc(-c2ccc(N3CCC4(CC3)CC(=O)c3cc(Cl)cc(Cl)c3O4)nn2)cc1. The van der Waals surface area contributed by atoms with Crippen molar-refractivity contribution in [3.05, 3.63) is 69.7 Å². The van der Waals surface area contributed by atoms with Gasteiger partial charge < -0.3 is 9.64 Å². The third-order valence-corrected chi connectivity index (χ3v) is 6.61. The first-order valence-corrected chi connectivity index (χ1v) is 11.1. The van der Waals surface area contributed by atoms with E-state index in [-0.39, 0.29) is 5.78 Å². The molecule has 5 nitrogen and oxygen atoms in total. The number of carbonyl (C=O) groups is 1. The lowest BCUT2D eigenvalue weighted by molar-refractivity contribution is 0.0232. The number of hydrogen-bond acceptors (Lipinski definition) is 5. The van der Waals surface area contributed by atoms with E-state index >= 15 is 0 Å². The number of hydrogen-bond donors (Lipinski definition) is 0. The van der Waals surface area contributed by atoms with Crippen LogP contribution in [0.15, 0.2) is 48.5 Å². The Bertz CT molecular complexity index is 1140. The minimum absolute atomic E-state index is 0.0290. The summed E-state index contributed by atoms with van der Waals surface area (Å²) >= 11 is 12.4. The second kappa shape index (κ2) is 7.81. The van der Waals surface area contributed by atoms with E-state index in [2.05, 4.69) is 46.3 Å². The molecule has 0 N–H and O–H groups in total. The lowest BCUT2D eigenvalue weighted by Gasteiger charge is -2.44. The molecule has 1 spiro atoms. The number of aromatic nitrogens is 2. The Hall–Kier alpha value is -2.63. The van der Waals surface area contributed by atoms with Gasteiger partial charge in [0.1, 0.15) is 11.4 Å². The second-order valence-electron chi connectivity index (χ2n) is 8.28. The highest BCUT2D eigenvalue weighted by atomic mass is 35.5. The van der Waals surface area contributed by atoms with Gasteiger partial charge in [-0.25, -0.2) is 0 Å². The van der Waals surface area contributed by atoms with E-state index in [4.69, 9.17) is 27.9 Å². The Labute approximate surface area is 191 Å². The largest absolute Gasteiger partial charge is 0.484 e. The average Bonchev–Trinajstić information content (AvgIpc) is 2.76. The highest BCUT2D eigenvalue weighted by Crippen LogP contribution is 2.44. The van der Waals surface area contributed by atoms with E-state index in [1.807, 2.05) is 12.1 Å². The first-order valence-electron chi connectivity index (χ1n) is 10.3. The Morgan fingerprint density at radius 3 is 2.42 bits per heavy atom. The van der Waals surface area contributed by atoms with Gasteiger partial charge in [0, 0.05) is 36.5 Å². The fourth-order valence-electron chi connectivity index (χ4n) is 4.31. The number of rotatable bonds is 2. The molecule has 0 saturated carbocycles. The average molecular weight is 454 g/mol. The molecule has 1 aromatic heterocycles. The Morgan fingerprint density at radius 2 is 1.74 bits per heavy atom. The second-order valence-corrected chi connectivity index (χ2v) is 9.12. The molecule has 1 fully saturated rings. The van der Waals surface area contributed by atoms with Crippen LogP contribution < -0.4 is 9.64 Å². The van der Waals surface area contributed by atoms with Gasteiger partial charge in [-0.05, 0) is 31.2 Å². The first kappa shape index (κ1) is 20.3. The summed E-state index contributed by atoms with van der Waals surface area (Å²) < 4.78 is 6.31. The number of aryl methyl sites for hydroxylation is 1. The molecule has 2 aliphatic rings. The molecule has 3 heterocycles. The van der Waals surface area contributed by atoms with E-state index in [0.717, 1.165) is 30.2 Å². The van der Waals surface area contributed by atoms with Gasteiger partial charge in [-0.15, -0.1) is 10.2 Å². The zero-order chi connectivity index (χ0) is 21.6. The highest BCUT2D eigenvalue weighted by Gasteiger charge is 2.44. The summed E-state index contributed by atoms with van der Waals surface area (Å²) in [6.45, 7) is 3.52. The maximum atomic E-state index is 12.8. The summed E-state index contributed by atoms with van der Waals surface area (Å²) in [7, 11) is 0. The van der Waals surface area contributed by atoms with Crippen LogP contribution in [0.25, 0.3) is 11.3 Å². The van der Waals surface area contributed by atoms with Crippen molar-refractivity contribution in [3.63, 3.8) is 0 Å². The number of halogens is 2. The Balaban J connectivity index is 1.30. The molecule has 0 atom stereocenters. The van der Waals surface area contributed by atoms with E-state index in [1.54, 1.807) is 12.1 Å². The van der Waals surface area contributed by atoms with Crippen molar-refractivity contribution in [2.45, 2.75) is 31.8 Å². The van der Waals surface area contributed by atoms with Crippen molar-refractivity contribution in [3.8, 4) is 17.0 Å². The van der Waals surface area contributed by atoms with Crippen molar-refractivity contribution in [2.75, 3.05) is 18.0 Å². The smallest absolute Gasteiger partial charge is 0.170 e. The summed E-state index contributed by atoms with van der Waals surface area (Å²) in [6.07, 6.45) is 1.75. The predicted octanol–water partition coefficient (Wildman–Crippen LogP) is 5.76.